The smallest absolute Gasteiger partial charge is 0.118 e. The first-order valence-corrected chi connectivity index (χ1v) is 7.84. The summed E-state index contributed by atoms with van der Waals surface area (Å²) < 4.78 is 5.20. The molecule has 0 bridgehead atoms. The van der Waals surface area contributed by atoms with Crippen LogP contribution in [0.25, 0.3) is 0 Å². The summed E-state index contributed by atoms with van der Waals surface area (Å²) >= 11 is 0. The van der Waals surface area contributed by atoms with Gasteiger partial charge in [0.25, 0.3) is 0 Å². The Balaban J connectivity index is 1.83. The van der Waals surface area contributed by atoms with E-state index in [4.69, 9.17) is 4.74 Å². The number of ether oxygens (including phenoxy) is 1. The number of rotatable bonds is 2. The van der Waals surface area contributed by atoms with Crippen LogP contribution in [-0.2, 0) is 12.1 Å². The van der Waals surface area contributed by atoms with Crippen LogP contribution < -0.4 is 9.92 Å². The van der Waals surface area contributed by atoms with Gasteiger partial charge in [0.2, 0.25) is 0 Å². The highest BCUT2D eigenvalue weighted by molar-refractivity contribution is 6.73. The van der Waals surface area contributed by atoms with Crippen molar-refractivity contribution in [2.45, 2.75) is 12.1 Å². The number of benzene rings is 2. The summed E-state index contributed by atoms with van der Waals surface area (Å²) in [6.07, 6.45) is 0. The van der Waals surface area contributed by atoms with Crippen LogP contribution in [0.3, 0.4) is 0 Å². The average Bonchev–Trinajstić information content (AvgIpc) is 2.82. The van der Waals surface area contributed by atoms with Crippen molar-refractivity contribution in [3.05, 3.63) is 59.7 Å². The van der Waals surface area contributed by atoms with Gasteiger partial charge >= 0.3 is 0 Å². The molecule has 0 N–H and O–H groups in total. The van der Waals surface area contributed by atoms with Crippen LogP contribution in [0, 0.1) is 0 Å². The van der Waals surface area contributed by atoms with Crippen LogP contribution >= 0.6 is 0 Å². The summed E-state index contributed by atoms with van der Waals surface area (Å²) in [6, 6.07) is 20.0. The molecule has 2 aromatic rings. The first-order chi connectivity index (χ1) is 8.36. The zero-order chi connectivity index (χ0) is 11.7. The van der Waals surface area contributed by atoms with Crippen LogP contribution in [0.15, 0.2) is 48.5 Å². The highest BCUT2D eigenvalue weighted by atomic mass is 28.3. The maximum atomic E-state index is 5.20. The Kier molecular flexibility index (Phi) is 2.73. The molecule has 0 saturated heterocycles. The van der Waals surface area contributed by atoms with Crippen LogP contribution in [0.5, 0.6) is 5.75 Å². The van der Waals surface area contributed by atoms with E-state index in [0.29, 0.717) is 0 Å². The summed E-state index contributed by atoms with van der Waals surface area (Å²) in [7, 11) is 1.29. The van der Waals surface area contributed by atoms with Gasteiger partial charge in [-0.1, -0.05) is 41.6 Å². The zero-order valence-corrected chi connectivity index (χ0v) is 10.9. The normalized spacial score (nSPS) is 14.6. The van der Waals surface area contributed by atoms with Gasteiger partial charge in [-0.25, -0.2) is 0 Å². The summed E-state index contributed by atoms with van der Waals surface area (Å²) in [5.41, 5.74) is 3.11. The fraction of sp³-hybridized carbons (Fsp3) is 0.200. The largest absolute Gasteiger partial charge is 0.497 e. The Morgan fingerprint density at radius 2 is 1.47 bits per heavy atom. The molecule has 2 aromatic carbocycles. The summed E-state index contributed by atoms with van der Waals surface area (Å²) in [4.78, 5) is 0. The van der Waals surface area contributed by atoms with Gasteiger partial charge in [0.05, 0.1) is 15.9 Å². The van der Waals surface area contributed by atoms with Gasteiger partial charge in [-0.15, -0.1) is 0 Å². The molecular weight excluding hydrogens is 224 g/mol. The Hall–Kier alpha value is -1.54. The fourth-order valence-corrected chi connectivity index (χ4v) is 5.24. The molecule has 0 aromatic heterocycles. The second-order valence-electron chi connectivity index (χ2n) is 4.45. The van der Waals surface area contributed by atoms with Crippen molar-refractivity contribution < 1.29 is 4.74 Å². The van der Waals surface area contributed by atoms with Gasteiger partial charge in [0.15, 0.2) is 0 Å². The van der Waals surface area contributed by atoms with E-state index in [0.717, 1.165) is 5.75 Å². The number of hydrogen-bond acceptors (Lipinski definition) is 1. The van der Waals surface area contributed by atoms with Gasteiger partial charge in [-0.05, 0) is 35.3 Å². The molecule has 1 aliphatic rings. The minimum atomic E-state index is -0.427. The lowest BCUT2D eigenvalue weighted by Crippen LogP contribution is -2.31. The standard InChI is InChI=1S/C15H15OSi/c1-16-14-6-8-15(9-7-14)17-10-12-4-2-3-5-13(12)11-17/h2-9H,10-11H2,1H3. The van der Waals surface area contributed by atoms with Crippen LogP contribution in [0.1, 0.15) is 11.1 Å². The van der Waals surface area contributed by atoms with Crippen molar-refractivity contribution in [2.24, 2.45) is 0 Å². The third-order valence-corrected chi connectivity index (χ3v) is 6.19. The number of methoxy groups -OCH3 is 1. The van der Waals surface area contributed by atoms with Crippen molar-refractivity contribution in [1.82, 2.24) is 0 Å². The SMILES string of the molecule is COc1ccc([Si]2Cc3ccccc3C2)cc1. The molecule has 0 spiro atoms. The maximum absolute atomic E-state index is 5.20. The lowest BCUT2D eigenvalue weighted by atomic mass is 10.1. The van der Waals surface area contributed by atoms with Gasteiger partial charge in [-0.3, -0.25) is 0 Å². The third-order valence-electron chi connectivity index (χ3n) is 3.42. The quantitative estimate of drug-likeness (QED) is 0.731. The molecular formula is C15H15OSi. The topological polar surface area (TPSA) is 9.23 Å². The van der Waals surface area contributed by atoms with Crippen LogP contribution in [0.2, 0.25) is 0 Å². The molecule has 0 fully saturated rings. The van der Waals surface area contributed by atoms with Gasteiger partial charge in [-0.2, -0.15) is 0 Å². The van der Waals surface area contributed by atoms with E-state index in [-0.39, 0.29) is 0 Å². The number of hydrogen-bond donors (Lipinski definition) is 0. The highest BCUT2D eigenvalue weighted by Gasteiger charge is 2.23. The van der Waals surface area contributed by atoms with Crippen LogP contribution in [0.4, 0.5) is 0 Å². The molecule has 1 radical (unpaired) electrons. The first kappa shape index (κ1) is 10.6. The Labute approximate surface area is 104 Å². The van der Waals surface area contributed by atoms with E-state index in [2.05, 4.69) is 48.5 Å². The van der Waals surface area contributed by atoms with Gasteiger partial charge < -0.3 is 4.74 Å². The Bertz CT molecular complexity index is 494. The zero-order valence-electron chi connectivity index (χ0n) is 9.94. The first-order valence-electron chi connectivity index (χ1n) is 5.93. The highest BCUT2D eigenvalue weighted by Crippen LogP contribution is 2.21. The monoisotopic (exact) mass is 239 g/mol. The lowest BCUT2D eigenvalue weighted by molar-refractivity contribution is 0.415. The van der Waals surface area contributed by atoms with Crippen molar-refractivity contribution in [3.8, 4) is 5.75 Å². The Morgan fingerprint density at radius 3 is 2.00 bits per heavy atom. The van der Waals surface area contributed by atoms with E-state index in [9.17, 15) is 0 Å². The van der Waals surface area contributed by atoms with E-state index in [1.807, 2.05) is 0 Å². The van der Waals surface area contributed by atoms with Crippen molar-refractivity contribution >= 4 is 14.0 Å². The molecule has 3 rings (SSSR count). The molecule has 0 saturated carbocycles. The molecule has 0 aliphatic carbocycles. The minimum Gasteiger partial charge on any atom is -0.497 e. The second kappa shape index (κ2) is 4.38. The summed E-state index contributed by atoms with van der Waals surface area (Å²) in [5.74, 6) is 0.951. The predicted octanol–water partition coefficient (Wildman–Crippen LogP) is 2.27. The molecule has 0 atom stereocenters. The molecule has 17 heavy (non-hydrogen) atoms. The molecule has 1 aliphatic heterocycles. The van der Waals surface area contributed by atoms with E-state index < -0.39 is 8.80 Å². The molecule has 85 valence electrons. The van der Waals surface area contributed by atoms with Crippen molar-refractivity contribution in [2.75, 3.05) is 7.11 Å². The molecule has 0 amide bonds. The second-order valence-corrected chi connectivity index (χ2v) is 6.95. The average molecular weight is 239 g/mol. The number of fused-ring (bicyclic) bond motifs is 1. The van der Waals surface area contributed by atoms with E-state index >= 15 is 0 Å². The van der Waals surface area contributed by atoms with Crippen LogP contribution in [-0.4, -0.2) is 15.9 Å². The summed E-state index contributed by atoms with van der Waals surface area (Å²) in [6.45, 7) is 0. The Morgan fingerprint density at radius 1 is 0.882 bits per heavy atom. The maximum Gasteiger partial charge on any atom is 0.118 e. The molecule has 1 heterocycles. The van der Waals surface area contributed by atoms with E-state index in [1.165, 1.54) is 17.3 Å². The summed E-state index contributed by atoms with van der Waals surface area (Å²) in [5, 5.41) is 1.52. The minimum absolute atomic E-state index is 0.427. The third kappa shape index (κ3) is 2.00. The van der Waals surface area contributed by atoms with Gasteiger partial charge in [0, 0.05) is 0 Å². The predicted molar refractivity (Wildman–Crippen MR) is 72.2 cm³/mol. The molecule has 2 heteroatoms. The van der Waals surface area contributed by atoms with Crippen molar-refractivity contribution in [3.63, 3.8) is 0 Å². The van der Waals surface area contributed by atoms with E-state index in [1.54, 1.807) is 18.2 Å². The molecule has 0 unspecified atom stereocenters. The lowest BCUT2D eigenvalue weighted by Gasteiger charge is -2.08. The van der Waals surface area contributed by atoms with Crippen molar-refractivity contribution in [1.29, 1.82) is 0 Å². The fourth-order valence-electron chi connectivity index (χ4n) is 2.46. The molecule has 1 nitrogen and oxygen atoms in total. The van der Waals surface area contributed by atoms with Gasteiger partial charge in [0.1, 0.15) is 5.75 Å².